The topological polar surface area (TPSA) is 111 Å². The number of ether oxygens (including phenoxy) is 1. The fourth-order valence-corrected chi connectivity index (χ4v) is 3.40. The second kappa shape index (κ2) is 8.23. The maximum Gasteiger partial charge on any atom is 0.336 e. The molecule has 1 N–H and O–H groups in total. The number of benzene rings is 1. The van der Waals surface area contributed by atoms with Crippen LogP contribution in [0.2, 0.25) is 0 Å². The van der Waals surface area contributed by atoms with E-state index in [0.717, 1.165) is 15.8 Å². The van der Waals surface area contributed by atoms with E-state index in [1.807, 2.05) is 24.3 Å². The van der Waals surface area contributed by atoms with Crippen molar-refractivity contribution in [3.63, 3.8) is 0 Å². The first kappa shape index (κ1) is 20.0. The SMILES string of the molecule is CCOC(=O)Cn1cc(/C=C2\C(=O)NC(=O)N(c3cccnc3)C2=O)c2ccccc21. The summed E-state index contributed by atoms with van der Waals surface area (Å²) in [7, 11) is 0. The molecule has 0 atom stereocenters. The predicted molar refractivity (Wildman–Crippen MR) is 112 cm³/mol. The Morgan fingerprint density at radius 3 is 2.71 bits per heavy atom. The van der Waals surface area contributed by atoms with Gasteiger partial charge in [-0.25, -0.2) is 9.69 Å². The third kappa shape index (κ3) is 3.80. The van der Waals surface area contributed by atoms with Crippen molar-refractivity contribution in [3.05, 3.63) is 66.1 Å². The molecule has 4 rings (SSSR count). The normalized spacial score (nSPS) is 15.5. The van der Waals surface area contributed by atoms with Crippen molar-refractivity contribution >= 4 is 46.5 Å². The van der Waals surface area contributed by atoms with E-state index < -0.39 is 23.8 Å². The van der Waals surface area contributed by atoms with Crippen molar-refractivity contribution in [1.29, 1.82) is 0 Å². The third-order valence-corrected chi connectivity index (χ3v) is 4.73. The number of para-hydroxylation sites is 1. The van der Waals surface area contributed by atoms with Gasteiger partial charge in [0.15, 0.2) is 0 Å². The Bertz CT molecular complexity index is 1230. The van der Waals surface area contributed by atoms with Gasteiger partial charge in [0.05, 0.1) is 18.5 Å². The molecule has 9 nitrogen and oxygen atoms in total. The number of nitrogens with one attached hydrogen (secondary N) is 1. The molecule has 4 amide bonds. The number of barbiturate groups is 1. The molecule has 0 bridgehead atoms. The number of anilines is 1. The van der Waals surface area contributed by atoms with Gasteiger partial charge in [-0.3, -0.25) is 24.7 Å². The van der Waals surface area contributed by atoms with Crippen LogP contribution in [0.5, 0.6) is 0 Å². The standard InChI is InChI=1S/C22H18N4O5/c1-2-31-19(27)13-25-12-14(16-7-3-4-8-18(16)25)10-17-20(28)24-22(30)26(21(17)29)15-6-5-9-23-11-15/h3-12H,2,13H2,1H3,(H,24,28,30)/b17-10+. The first-order chi connectivity index (χ1) is 15.0. The monoisotopic (exact) mass is 418 g/mol. The Hall–Kier alpha value is -4.27. The Morgan fingerprint density at radius 2 is 1.97 bits per heavy atom. The highest BCUT2D eigenvalue weighted by Crippen LogP contribution is 2.26. The number of urea groups is 1. The second-order valence-corrected chi connectivity index (χ2v) is 6.70. The third-order valence-electron chi connectivity index (χ3n) is 4.73. The molecular weight excluding hydrogens is 400 g/mol. The smallest absolute Gasteiger partial charge is 0.336 e. The van der Waals surface area contributed by atoms with E-state index in [0.29, 0.717) is 5.56 Å². The average molecular weight is 418 g/mol. The molecule has 31 heavy (non-hydrogen) atoms. The number of amides is 4. The summed E-state index contributed by atoms with van der Waals surface area (Å²) >= 11 is 0. The Labute approximate surface area is 176 Å². The molecule has 1 saturated heterocycles. The number of aromatic nitrogens is 2. The van der Waals surface area contributed by atoms with E-state index in [9.17, 15) is 19.2 Å². The Morgan fingerprint density at radius 1 is 1.16 bits per heavy atom. The number of rotatable bonds is 5. The quantitative estimate of drug-likeness (QED) is 0.387. The zero-order valence-electron chi connectivity index (χ0n) is 16.6. The van der Waals surface area contributed by atoms with Crippen molar-refractivity contribution in [3.8, 4) is 0 Å². The molecule has 9 heteroatoms. The second-order valence-electron chi connectivity index (χ2n) is 6.70. The summed E-state index contributed by atoms with van der Waals surface area (Å²) in [6.07, 6.45) is 5.95. The molecule has 3 aromatic rings. The van der Waals surface area contributed by atoms with E-state index in [-0.39, 0.29) is 24.4 Å². The van der Waals surface area contributed by atoms with Crippen LogP contribution in [0.1, 0.15) is 12.5 Å². The molecule has 1 aromatic carbocycles. The maximum atomic E-state index is 13.0. The number of hydrogen-bond donors (Lipinski definition) is 1. The molecule has 0 radical (unpaired) electrons. The van der Waals surface area contributed by atoms with Crippen molar-refractivity contribution in [1.82, 2.24) is 14.9 Å². The number of nitrogens with zero attached hydrogens (tertiary/aromatic N) is 3. The van der Waals surface area contributed by atoms with Gasteiger partial charge in [0.2, 0.25) is 0 Å². The summed E-state index contributed by atoms with van der Waals surface area (Å²) in [4.78, 5) is 54.5. The van der Waals surface area contributed by atoms with Crippen LogP contribution in [0.25, 0.3) is 17.0 Å². The number of imide groups is 2. The highest BCUT2D eigenvalue weighted by atomic mass is 16.5. The van der Waals surface area contributed by atoms with E-state index in [1.54, 1.807) is 29.8 Å². The van der Waals surface area contributed by atoms with Gasteiger partial charge in [-0.2, -0.15) is 0 Å². The van der Waals surface area contributed by atoms with Crippen molar-refractivity contribution in [2.75, 3.05) is 11.5 Å². The summed E-state index contributed by atoms with van der Waals surface area (Å²) < 4.78 is 6.71. The molecule has 0 unspecified atom stereocenters. The molecule has 1 aliphatic rings. The number of carbonyl (C=O) groups excluding carboxylic acids is 4. The van der Waals surface area contributed by atoms with Crippen LogP contribution in [0.15, 0.2) is 60.6 Å². The Kier molecular flexibility index (Phi) is 5.31. The van der Waals surface area contributed by atoms with Crippen LogP contribution in [-0.2, 0) is 25.7 Å². The van der Waals surface area contributed by atoms with E-state index >= 15 is 0 Å². The lowest BCUT2D eigenvalue weighted by Crippen LogP contribution is -2.54. The molecule has 1 aliphatic heterocycles. The van der Waals surface area contributed by atoms with Crippen LogP contribution in [-0.4, -0.2) is 40.0 Å². The molecule has 1 fully saturated rings. The molecule has 156 valence electrons. The molecule has 3 heterocycles. The van der Waals surface area contributed by atoms with E-state index in [1.165, 1.54) is 18.5 Å². The maximum absolute atomic E-state index is 13.0. The van der Waals surface area contributed by atoms with Crippen molar-refractivity contribution in [2.45, 2.75) is 13.5 Å². The van der Waals surface area contributed by atoms with Gasteiger partial charge in [-0.1, -0.05) is 18.2 Å². The minimum absolute atomic E-state index is 0.0159. The highest BCUT2D eigenvalue weighted by molar-refractivity contribution is 6.39. The lowest BCUT2D eigenvalue weighted by molar-refractivity contribution is -0.143. The van der Waals surface area contributed by atoms with Crippen LogP contribution in [0, 0.1) is 0 Å². The van der Waals surface area contributed by atoms with Gasteiger partial charge < -0.3 is 9.30 Å². The summed E-state index contributed by atoms with van der Waals surface area (Å²) in [5.74, 6) is -1.95. The largest absolute Gasteiger partial charge is 0.465 e. The summed E-state index contributed by atoms with van der Waals surface area (Å²) in [5.41, 5.74) is 1.33. The zero-order chi connectivity index (χ0) is 22.0. The molecule has 2 aromatic heterocycles. The lowest BCUT2D eigenvalue weighted by Gasteiger charge is -2.25. The van der Waals surface area contributed by atoms with Crippen LogP contribution in [0.4, 0.5) is 10.5 Å². The zero-order valence-corrected chi connectivity index (χ0v) is 16.6. The van der Waals surface area contributed by atoms with Gasteiger partial charge in [-0.15, -0.1) is 0 Å². The van der Waals surface area contributed by atoms with Crippen LogP contribution in [0.3, 0.4) is 0 Å². The number of fused-ring (bicyclic) bond motifs is 1. The van der Waals surface area contributed by atoms with E-state index in [4.69, 9.17) is 4.74 Å². The first-order valence-electron chi connectivity index (χ1n) is 9.54. The first-order valence-corrected chi connectivity index (χ1v) is 9.54. The minimum atomic E-state index is -0.843. The van der Waals surface area contributed by atoms with Gasteiger partial charge in [-0.05, 0) is 31.2 Å². The summed E-state index contributed by atoms with van der Waals surface area (Å²) in [6.45, 7) is 1.98. The van der Waals surface area contributed by atoms with E-state index in [2.05, 4.69) is 10.3 Å². The average Bonchev–Trinajstić information content (AvgIpc) is 3.09. The number of esters is 1. The minimum Gasteiger partial charge on any atom is -0.465 e. The van der Waals surface area contributed by atoms with Gasteiger partial charge in [0.25, 0.3) is 11.8 Å². The summed E-state index contributed by atoms with van der Waals surface area (Å²) in [6, 6.07) is 9.56. The lowest BCUT2D eigenvalue weighted by atomic mass is 10.1. The fraction of sp³-hybridized carbons (Fsp3) is 0.136. The highest BCUT2D eigenvalue weighted by Gasteiger charge is 2.37. The molecule has 0 saturated carbocycles. The Balaban J connectivity index is 1.76. The molecule has 0 spiro atoms. The number of pyridine rings is 1. The van der Waals surface area contributed by atoms with Gasteiger partial charge in [0.1, 0.15) is 12.1 Å². The molecule has 0 aliphatic carbocycles. The predicted octanol–water partition coefficient (Wildman–Crippen LogP) is 2.27. The number of hydrogen-bond acceptors (Lipinski definition) is 6. The molecular formula is C22H18N4O5. The van der Waals surface area contributed by atoms with Crippen LogP contribution >= 0.6 is 0 Å². The van der Waals surface area contributed by atoms with Crippen LogP contribution < -0.4 is 10.2 Å². The fourth-order valence-electron chi connectivity index (χ4n) is 3.40. The van der Waals surface area contributed by atoms with Crippen molar-refractivity contribution in [2.24, 2.45) is 0 Å². The number of carbonyl (C=O) groups is 4. The van der Waals surface area contributed by atoms with Gasteiger partial charge in [0, 0.05) is 28.9 Å². The van der Waals surface area contributed by atoms with Crippen molar-refractivity contribution < 1.29 is 23.9 Å². The summed E-state index contributed by atoms with van der Waals surface area (Å²) in [5, 5.41) is 2.92. The van der Waals surface area contributed by atoms with Gasteiger partial charge >= 0.3 is 12.0 Å².